The van der Waals surface area contributed by atoms with Gasteiger partial charge in [0.2, 0.25) is 5.91 Å². The van der Waals surface area contributed by atoms with Crippen LogP contribution in [0, 0.1) is 5.92 Å². The van der Waals surface area contributed by atoms with Crippen molar-refractivity contribution in [2.24, 2.45) is 5.92 Å². The number of amides is 2. The molecule has 0 fully saturated rings. The number of H-pyrrole nitrogens is 1. The summed E-state index contributed by atoms with van der Waals surface area (Å²) in [7, 11) is 0. The van der Waals surface area contributed by atoms with Gasteiger partial charge >= 0.3 is 0 Å². The molecule has 7 heteroatoms. The molecule has 2 aromatic heterocycles. The lowest BCUT2D eigenvalue weighted by atomic mass is 9.97. The van der Waals surface area contributed by atoms with E-state index in [1.54, 1.807) is 30.5 Å². The fraction of sp³-hybridized carbons (Fsp3) is 0.292. The van der Waals surface area contributed by atoms with E-state index in [0.29, 0.717) is 23.7 Å². The molecule has 2 N–H and O–H groups in total. The molecule has 31 heavy (non-hydrogen) atoms. The van der Waals surface area contributed by atoms with Crippen LogP contribution in [0.25, 0.3) is 16.6 Å². The number of nitrogens with one attached hydrogen (secondary N) is 2. The minimum atomic E-state index is -0.588. The van der Waals surface area contributed by atoms with Crippen LogP contribution in [0.15, 0.2) is 54.9 Å². The number of hydrogen-bond donors (Lipinski definition) is 2. The highest BCUT2D eigenvalue weighted by atomic mass is 35.5. The smallest absolute Gasteiger partial charge is 0.251 e. The first-order chi connectivity index (χ1) is 14.9. The zero-order valence-corrected chi connectivity index (χ0v) is 18.3. The predicted molar refractivity (Wildman–Crippen MR) is 123 cm³/mol. The van der Waals surface area contributed by atoms with Crippen molar-refractivity contribution in [1.29, 1.82) is 0 Å². The van der Waals surface area contributed by atoms with E-state index in [4.69, 9.17) is 11.6 Å². The van der Waals surface area contributed by atoms with Gasteiger partial charge in [-0.2, -0.15) is 0 Å². The molecular formula is C24H25ClN4O2. The lowest BCUT2D eigenvalue weighted by Crippen LogP contribution is -2.52. The summed E-state index contributed by atoms with van der Waals surface area (Å²) in [5.41, 5.74) is 3.68. The number of nitrogens with zero attached hydrogens (tertiary/aromatic N) is 2. The van der Waals surface area contributed by atoms with Crippen molar-refractivity contribution in [3.8, 4) is 0 Å². The third-order valence-corrected chi connectivity index (χ3v) is 5.90. The number of carbonyl (C=O) groups is 2. The van der Waals surface area contributed by atoms with E-state index >= 15 is 0 Å². The third kappa shape index (κ3) is 4.49. The highest BCUT2D eigenvalue weighted by molar-refractivity contribution is 6.30. The van der Waals surface area contributed by atoms with E-state index in [0.717, 1.165) is 23.0 Å². The molecule has 1 aliphatic rings. The van der Waals surface area contributed by atoms with Crippen molar-refractivity contribution in [2.75, 3.05) is 13.1 Å². The molecule has 1 aliphatic heterocycles. The first-order valence-electron chi connectivity index (χ1n) is 10.4. The number of aromatic nitrogens is 2. The summed E-state index contributed by atoms with van der Waals surface area (Å²) in [5, 5.41) is 4.56. The van der Waals surface area contributed by atoms with Crippen LogP contribution in [-0.4, -0.2) is 45.8 Å². The van der Waals surface area contributed by atoms with Gasteiger partial charge in [0.05, 0.1) is 0 Å². The van der Waals surface area contributed by atoms with Crippen molar-refractivity contribution in [3.05, 3.63) is 71.0 Å². The Kier molecular flexibility index (Phi) is 6.09. The maximum Gasteiger partial charge on any atom is 0.251 e. The molecule has 1 aromatic carbocycles. The molecule has 0 spiro atoms. The van der Waals surface area contributed by atoms with Crippen LogP contribution >= 0.6 is 11.6 Å². The molecule has 3 aromatic rings. The number of halogens is 1. The maximum absolute atomic E-state index is 13.2. The first-order valence-corrected chi connectivity index (χ1v) is 10.8. The van der Waals surface area contributed by atoms with Crippen molar-refractivity contribution < 1.29 is 9.59 Å². The summed E-state index contributed by atoms with van der Waals surface area (Å²) < 4.78 is 0. The Morgan fingerprint density at radius 1 is 1.19 bits per heavy atom. The molecule has 2 amide bonds. The molecule has 1 atom stereocenters. The fourth-order valence-corrected chi connectivity index (χ4v) is 4.00. The zero-order chi connectivity index (χ0) is 22.0. The predicted octanol–water partition coefficient (Wildman–Crippen LogP) is 4.29. The van der Waals surface area contributed by atoms with Crippen LogP contribution in [0.4, 0.5) is 0 Å². The van der Waals surface area contributed by atoms with Crippen molar-refractivity contribution in [2.45, 2.75) is 26.3 Å². The molecule has 6 nitrogen and oxygen atoms in total. The summed E-state index contributed by atoms with van der Waals surface area (Å²) >= 11 is 5.90. The van der Waals surface area contributed by atoms with Gasteiger partial charge in [0.15, 0.2) is 0 Å². The highest BCUT2D eigenvalue weighted by Gasteiger charge is 2.30. The number of aromatic amines is 1. The van der Waals surface area contributed by atoms with Gasteiger partial charge in [0, 0.05) is 47.0 Å². The monoisotopic (exact) mass is 436 g/mol. The lowest BCUT2D eigenvalue weighted by Gasteiger charge is -2.32. The average Bonchev–Trinajstić information content (AvgIpc) is 3.21. The molecular weight excluding hydrogens is 412 g/mol. The van der Waals surface area contributed by atoms with E-state index in [-0.39, 0.29) is 17.7 Å². The second-order valence-corrected chi connectivity index (χ2v) is 8.50. The van der Waals surface area contributed by atoms with Gasteiger partial charge in [0.25, 0.3) is 5.91 Å². The number of hydrogen-bond acceptors (Lipinski definition) is 3. The van der Waals surface area contributed by atoms with E-state index < -0.39 is 6.04 Å². The van der Waals surface area contributed by atoms with Crippen LogP contribution in [0.1, 0.15) is 36.2 Å². The quantitative estimate of drug-likeness (QED) is 0.626. The molecule has 0 saturated heterocycles. The third-order valence-electron chi connectivity index (χ3n) is 5.64. The number of fused-ring (bicyclic) bond motifs is 1. The van der Waals surface area contributed by atoms with Gasteiger partial charge in [-0.15, -0.1) is 0 Å². The number of benzene rings is 1. The van der Waals surface area contributed by atoms with Gasteiger partial charge in [-0.05, 0) is 54.3 Å². The zero-order valence-electron chi connectivity index (χ0n) is 17.6. The SMILES string of the molecule is CC(C)C(NC(=O)c1ccc(Cl)cc1)C(=O)N1CC=C(c2c[nH]c3ncccc23)CC1. The van der Waals surface area contributed by atoms with Crippen LogP contribution in [-0.2, 0) is 4.79 Å². The summed E-state index contributed by atoms with van der Waals surface area (Å²) in [6.45, 7) is 5.00. The Labute approximate surface area is 186 Å². The summed E-state index contributed by atoms with van der Waals surface area (Å²) in [6, 6.07) is 10.0. The van der Waals surface area contributed by atoms with Crippen LogP contribution in [0.3, 0.4) is 0 Å². The van der Waals surface area contributed by atoms with E-state index in [1.165, 1.54) is 5.57 Å². The summed E-state index contributed by atoms with van der Waals surface area (Å²) in [5.74, 6) is -0.370. The van der Waals surface area contributed by atoms with E-state index in [2.05, 4.69) is 21.4 Å². The average molecular weight is 437 g/mol. The number of carbonyl (C=O) groups excluding carboxylic acids is 2. The number of rotatable bonds is 5. The molecule has 160 valence electrons. The number of pyridine rings is 1. The van der Waals surface area contributed by atoms with Crippen LogP contribution in [0.2, 0.25) is 5.02 Å². The molecule has 0 saturated carbocycles. The van der Waals surface area contributed by atoms with Crippen molar-refractivity contribution in [1.82, 2.24) is 20.2 Å². The Balaban J connectivity index is 1.46. The minimum Gasteiger partial charge on any atom is -0.346 e. The Morgan fingerprint density at radius 2 is 1.97 bits per heavy atom. The largest absolute Gasteiger partial charge is 0.346 e. The van der Waals surface area contributed by atoms with Gasteiger partial charge in [0.1, 0.15) is 11.7 Å². The maximum atomic E-state index is 13.2. The molecule has 0 aliphatic carbocycles. The van der Waals surface area contributed by atoms with Crippen LogP contribution < -0.4 is 5.32 Å². The second kappa shape index (κ2) is 8.94. The molecule has 1 unspecified atom stereocenters. The van der Waals surface area contributed by atoms with Crippen LogP contribution in [0.5, 0.6) is 0 Å². The molecule has 4 rings (SSSR count). The lowest BCUT2D eigenvalue weighted by molar-refractivity contribution is -0.133. The Bertz CT molecular complexity index is 1130. The second-order valence-electron chi connectivity index (χ2n) is 8.07. The van der Waals surface area contributed by atoms with E-state index in [9.17, 15) is 9.59 Å². The molecule has 3 heterocycles. The minimum absolute atomic E-state index is 0.0335. The van der Waals surface area contributed by atoms with Crippen molar-refractivity contribution >= 4 is 40.0 Å². The summed E-state index contributed by atoms with van der Waals surface area (Å²) in [6.07, 6.45) is 6.59. The fourth-order valence-electron chi connectivity index (χ4n) is 3.87. The Morgan fingerprint density at radius 3 is 2.65 bits per heavy atom. The van der Waals surface area contributed by atoms with Gasteiger partial charge < -0.3 is 15.2 Å². The topological polar surface area (TPSA) is 78.1 Å². The van der Waals surface area contributed by atoms with Gasteiger partial charge in [-0.3, -0.25) is 9.59 Å². The van der Waals surface area contributed by atoms with Crippen molar-refractivity contribution in [3.63, 3.8) is 0 Å². The first kappa shape index (κ1) is 21.1. The van der Waals surface area contributed by atoms with E-state index in [1.807, 2.05) is 37.1 Å². The highest BCUT2D eigenvalue weighted by Crippen LogP contribution is 2.28. The van der Waals surface area contributed by atoms with Gasteiger partial charge in [-0.25, -0.2) is 4.98 Å². The normalized spacial score (nSPS) is 15.1. The molecule has 0 bridgehead atoms. The molecule has 0 radical (unpaired) electrons. The Hall–Kier alpha value is -3.12. The standard InChI is InChI=1S/C24H25ClN4O2/c1-15(2)21(28-23(30)17-5-7-18(25)8-6-17)24(31)29-12-9-16(10-13-29)20-14-27-22-19(20)4-3-11-26-22/h3-9,11,14-15,21H,10,12-13H2,1-2H3,(H,26,27)(H,28,30). The van der Waals surface area contributed by atoms with Gasteiger partial charge in [-0.1, -0.05) is 31.5 Å². The summed E-state index contributed by atoms with van der Waals surface area (Å²) in [4.78, 5) is 35.2.